The molecule has 0 aromatic carbocycles. The van der Waals surface area contributed by atoms with Gasteiger partial charge >= 0.3 is 235 Å². The molecule has 0 aliphatic rings. The first-order valence-corrected chi connectivity index (χ1v) is 22.1. The van der Waals surface area contributed by atoms with Crippen molar-refractivity contribution in [1.29, 1.82) is 0 Å². The molecule has 0 heterocycles. The van der Waals surface area contributed by atoms with Crippen molar-refractivity contribution in [2.24, 2.45) is 0 Å². The zero-order valence-corrected chi connectivity index (χ0v) is 28.0. The maximum atomic E-state index is 13.1. The minimum absolute atomic E-state index is 0.272. The first-order valence-electron chi connectivity index (χ1n) is 14.7. The summed E-state index contributed by atoms with van der Waals surface area (Å²) in [6.07, 6.45) is 19.3. The van der Waals surface area contributed by atoms with Crippen molar-refractivity contribution in [1.82, 2.24) is 0 Å². The van der Waals surface area contributed by atoms with Crippen LogP contribution in [0.2, 0.25) is 8.87 Å². The molecule has 0 saturated heterocycles. The van der Waals surface area contributed by atoms with Gasteiger partial charge in [-0.1, -0.05) is 0 Å². The normalized spacial score (nSPS) is 13.4. The summed E-state index contributed by atoms with van der Waals surface area (Å²) >= 11 is 5.09. The van der Waals surface area contributed by atoms with Crippen molar-refractivity contribution >= 4 is 56.4 Å². The molecule has 4 nitrogen and oxygen atoms in total. The fourth-order valence-corrected chi connectivity index (χ4v) is 14.7. The van der Waals surface area contributed by atoms with Crippen molar-refractivity contribution in [2.75, 3.05) is 0 Å². The Morgan fingerprint density at radius 3 is 1.20 bits per heavy atom. The van der Waals surface area contributed by atoms with E-state index in [1.165, 1.54) is 51.4 Å². The number of hydrogen-bond acceptors (Lipinski definition) is 6. The summed E-state index contributed by atoms with van der Waals surface area (Å²) in [5, 5.41) is -0.878. The maximum absolute atomic E-state index is 13.1. The van der Waals surface area contributed by atoms with Gasteiger partial charge in [0.1, 0.15) is 0 Å². The molecule has 0 rings (SSSR count). The summed E-state index contributed by atoms with van der Waals surface area (Å²) in [5.74, 6) is -0.543. The van der Waals surface area contributed by atoms with E-state index in [2.05, 4.69) is 53.0 Å². The van der Waals surface area contributed by atoms with Crippen molar-refractivity contribution in [3.05, 3.63) is 0 Å². The van der Waals surface area contributed by atoms with Crippen LogP contribution in [0.5, 0.6) is 0 Å². The summed E-state index contributed by atoms with van der Waals surface area (Å²) in [4.78, 5) is 26.2. The van der Waals surface area contributed by atoms with Crippen molar-refractivity contribution < 1.29 is 15.7 Å². The fourth-order valence-electron chi connectivity index (χ4n) is 4.23. The first-order chi connectivity index (χ1) is 16.9. The van der Waals surface area contributed by atoms with Gasteiger partial charge in [0.2, 0.25) is 0 Å². The van der Waals surface area contributed by atoms with Gasteiger partial charge in [0.15, 0.2) is 0 Å². The van der Waals surface area contributed by atoms with Gasteiger partial charge in [0.05, 0.1) is 0 Å². The molecular weight excluding hydrogens is 583 g/mol. The molecular formula is C28H56O4S2Sn. The predicted molar refractivity (Wildman–Crippen MR) is 159 cm³/mol. The van der Waals surface area contributed by atoms with E-state index in [-0.39, 0.29) is 11.9 Å². The molecule has 0 aromatic heterocycles. The first kappa shape index (κ1) is 35.4. The van der Waals surface area contributed by atoms with Gasteiger partial charge in [-0.05, 0) is 0 Å². The predicted octanol–water partition coefficient (Wildman–Crippen LogP) is 9.21. The van der Waals surface area contributed by atoms with Gasteiger partial charge in [-0.3, -0.25) is 0 Å². The number of hydrogen-bond donors (Lipinski definition) is 2. The van der Waals surface area contributed by atoms with E-state index in [1.54, 1.807) is 0 Å². The number of carbonyl (C=O) groups excluding carboxylic acids is 2. The van der Waals surface area contributed by atoms with Crippen LogP contribution in [0, 0.1) is 0 Å². The molecule has 0 amide bonds. The standard InChI is InChI=1S/2C8H17.2C6H12O2S.Sn/c2*1-3-5-7-8-6-4-2;2*1-2-3-4-5(9)6(7)8;/h2*1,3-8H2,2H3;2*5,9H,2-4H2,1H3,(H,7,8);/q;;;;+2/p-2. The van der Waals surface area contributed by atoms with E-state index in [0.29, 0.717) is 12.8 Å². The quantitative estimate of drug-likeness (QED) is 0.0628. The van der Waals surface area contributed by atoms with E-state index in [0.717, 1.165) is 60.2 Å². The molecule has 0 aliphatic heterocycles. The Morgan fingerprint density at radius 2 is 0.857 bits per heavy atom. The van der Waals surface area contributed by atoms with Crippen LogP contribution in [-0.4, -0.2) is 41.6 Å². The van der Waals surface area contributed by atoms with E-state index < -0.39 is 29.7 Å². The zero-order valence-electron chi connectivity index (χ0n) is 23.3. The molecule has 2 atom stereocenters. The van der Waals surface area contributed by atoms with E-state index in [1.807, 2.05) is 0 Å². The van der Waals surface area contributed by atoms with E-state index in [4.69, 9.17) is 6.15 Å². The van der Waals surface area contributed by atoms with Crippen LogP contribution < -0.4 is 0 Å². The van der Waals surface area contributed by atoms with Gasteiger partial charge in [-0.2, -0.15) is 0 Å². The Balaban J connectivity index is 5.47. The van der Waals surface area contributed by atoms with Gasteiger partial charge in [0, 0.05) is 0 Å². The van der Waals surface area contributed by atoms with Crippen molar-refractivity contribution in [3.63, 3.8) is 0 Å². The number of carbonyl (C=O) groups is 2. The molecule has 0 N–H and O–H groups in total. The Bertz CT molecular complexity index is 487. The van der Waals surface area contributed by atoms with Gasteiger partial charge in [-0.25, -0.2) is 0 Å². The average molecular weight is 640 g/mol. The Morgan fingerprint density at radius 1 is 0.543 bits per heavy atom. The monoisotopic (exact) mass is 640 g/mol. The van der Waals surface area contributed by atoms with Crippen LogP contribution in [0.4, 0.5) is 0 Å². The summed E-state index contributed by atoms with van der Waals surface area (Å²) in [6, 6.07) is 0. The van der Waals surface area contributed by atoms with Gasteiger partial charge < -0.3 is 0 Å². The molecule has 0 spiro atoms. The van der Waals surface area contributed by atoms with Crippen LogP contribution in [0.15, 0.2) is 0 Å². The third kappa shape index (κ3) is 18.4. The van der Waals surface area contributed by atoms with Gasteiger partial charge in [-0.15, -0.1) is 0 Å². The van der Waals surface area contributed by atoms with Crippen LogP contribution in [-0.2, 0) is 15.7 Å². The molecule has 208 valence electrons. The average Bonchev–Trinajstić information content (AvgIpc) is 2.85. The molecule has 0 bridgehead atoms. The number of rotatable bonds is 24. The third-order valence-corrected chi connectivity index (χ3v) is 17.2. The molecule has 7 heteroatoms. The number of unbranched alkanes of at least 4 members (excludes halogenated alkanes) is 12. The Hall–Kier alpha value is 0.439. The second-order valence-electron chi connectivity index (χ2n) is 10.1. The third-order valence-electron chi connectivity index (χ3n) is 6.60. The van der Waals surface area contributed by atoms with Crippen LogP contribution in [0.1, 0.15) is 143 Å². The fraction of sp³-hybridized carbons (Fsp3) is 0.929. The molecule has 0 aliphatic carbocycles. The van der Waals surface area contributed by atoms with E-state index in [9.17, 15) is 9.59 Å². The molecule has 2 unspecified atom stereocenters. The SMILES string of the molecule is CCCCCCC[CH2][Sn]([CH2]CCCCCCC)([O]C(=O)C(S)CCCC)[O]C(=O)C(S)CCCC. The Kier molecular flexibility index (Phi) is 23.8. The number of thiol groups is 2. The molecule has 0 saturated carbocycles. The Labute approximate surface area is 233 Å². The second-order valence-corrected chi connectivity index (χ2v) is 20.6. The molecule has 0 aromatic rings. The molecule has 35 heavy (non-hydrogen) atoms. The topological polar surface area (TPSA) is 52.6 Å². The van der Waals surface area contributed by atoms with Crippen LogP contribution in [0.25, 0.3) is 0 Å². The minimum atomic E-state index is -4.01. The van der Waals surface area contributed by atoms with Gasteiger partial charge in [0.25, 0.3) is 0 Å². The summed E-state index contributed by atoms with van der Waals surface area (Å²) < 4.78 is 14.1. The zero-order chi connectivity index (χ0) is 26.4. The molecule has 0 radical (unpaired) electrons. The van der Waals surface area contributed by atoms with Crippen LogP contribution in [0.3, 0.4) is 0 Å². The summed E-state index contributed by atoms with van der Waals surface area (Å²) in [7, 11) is 0. The summed E-state index contributed by atoms with van der Waals surface area (Å²) in [6.45, 7) is 8.66. The van der Waals surface area contributed by atoms with Crippen molar-refractivity contribution in [2.45, 2.75) is 163 Å². The summed E-state index contributed by atoms with van der Waals surface area (Å²) in [5.41, 5.74) is 0. The van der Waals surface area contributed by atoms with Crippen LogP contribution >= 0.6 is 25.3 Å². The second kappa shape index (κ2) is 23.5. The molecule has 0 fully saturated rings. The van der Waals surface area contributed by atoms with Crippen molar-refractivity contribution in [3.8, 4) is 0 Å². The van der Waals surface area contributed by atoms with E-state index >= 15 is 0 Å².